The lowest BCUT2D eigenvalue weighted by atomic mass is 9.90. The number of carbonyl (C=O) groups is 2. The zero-order valence-corrected chi connectivity index (χ0v) is 18.0. The Kier molecular flexibility index (Phi) is 7.22. The quantitative estimate of drug-likeness (QED) is 0.507. The molecular formula is C22H33N3O3. The summed E-state index contributed by atoms with van der Waals surface area (Å²) in [5, 5.41) is 2.95. The van der Waals surface area contributed by atoms with Crippen molar-refractivity contribution in [3.05, 3.63) is 24.0 Å². The van der Waals surface area contributed by atoms with E-state index >= 15 is 0 Å². The van der Waals surface area contributed by atoms with Crippen LogP contribution in [0.1, 0.15) is 77.0 Å². The van der Waals surface area contributed by atoms with Crippen molar-refractivity contribution in [2.24, 2.45) is 5.41 Å². The number of Topliss-reactive ketones (excluding diaryl/α,β-unsaturated/α-hetero) is 1. The van der Waals surface area contributed by atoms with Crippen molar-refractivity contribution in [2.45, 2.75) is 66.3 Å². The molecule has 1 aromatic carbocycles. The van der Waals surface area contributed by atoms with Gasteiger partial charge in [0.25, 0.3) is 0 Å². The zero-order chi connectivity index (χ0) is 20.9. The Labute approximate surface area is 167 Å². The van der Waals surface area contributed by atoms with Crippen LogP contribution >= 0.6 is 0 Å². The Bertz CT molecular complexity index is 833. The van der Waals surface area contributed by atoms with Crippen LogP contribution in [0.15, 0.2) is 18.2 Å². The second-order valence-electron chi connectivity index (χ2n) is 8.33. The molecule has 6 nitrogen and oxygen atoms in total. The molecule has 0 fully saturated rings. The van der Waals surface area contributed by atoms with Crippen molar-refractivity contribution in [1.29, 1.82) is 0 Å². The number of unbranched alkanes of at least 4 members (excludes halogenated alkanes) is 1. The average Bonchev–Trinajstić information content (AvgIpc) is 3.03. The number of methoxy groups -OCH3 is 1. The van der Waals surface area contributed by atoms with E-state index in [1.165, 1.54) is 0 Å². The summed E-state index contributed by atoms with van der Waals surface area (Å²) in [6.45, 7) is 10.5. The fraction of sp³-hybridized carbons (Fsp3) is 0.591. The van der Waals surface area contributed by atoms with Gasteiger partial charge in [-0.05, 0) is 31.9 Å². The van der Waals surface area contributed by atoms with Gasteiger partial charge >= 0.3 is 0 Å². The molecule has 0 bridgehead atoms. The number of imidazole rings is 1. The Hall–Kier alpha value is -2.37. The minimum absolute atomic E-state index is 0.0121. The molecule has 1 N–H and O–H groups in total. The molecule has 0 saturated carbocycles. The first kappa shape index (κ1) is 21.9. The minimum atomic E-state index is -0.541. The summed E-state index contributed by atoms with van der Waals surface area (Å²) in [6, 6.07) is 5.57. The van der Waals surface area contributed by atoms with E-state index in [-0.39, 0.29) is 17.7 Å². The number of hydrogen-bond donors (Lipinski definition) is 1. The van der Waals surface area contributed by atoms with Gasteiger partial charge in [-0.1, -0.05) is 34.1 Å². The highest BCUT2D eigenvalue weighted by atomic mass is 16.5. The number of amides is 1. The maximum atomic E-state index is 13.0. The highest BCUT2D eigenvalue weighted by Crippen LogP contribution is 2.30. The number of nitrogens with zero attached hydrogens (tertiary/aromatic N) is 2. The number of fused-ring (bicyclic) bond motifs is 1. The Morgan fingerprint density at radius 3 is 2.61 bits per heavy atom. The lowest BCUT2D eigenvalue weighted by Crippen LogP contribution is -2.27. The van der Waals surface area contributed by atoms with Gasteiger partial charge in [0.15, 0.2) is 5.82 Å². The number of carbonyl (C=O) groups excluding carboxylic acids is 2. The Balaban J connectivity index is 2.33. The summed E-state index contributed by atoms with van der Waals surface area (Å²) < 4.78 is 7.32. The predicted molar refractivity (Wildman–Crippen MR) is 112 cm³/mol. The smallest absolute Gasteiger partial charge is 0.220 e. The fourth-order valence-corrected chi connectivity index (χ4v) is 3.10. The van der Waals surface area contributed by atoms with Crippen molar-refractivity contribution < 1.29 is 14.3 Å². The molecule has 2 aromatic rings. The van der Waals surface area contributed by atoms with E-state index in [9.17, 15) is 9.59 Å². The summed E-state index contributed by atoms with van der Waals surface area (Å²) in [5.74, 6) is 1.19. The third-order valence-electron chi connectivity index (χ3n) is 4.86. The van der Waals surface area contributed by atoms with E-state index in [0.29, 0.717) is 31.0 Å². The van der Waals surface area contributed by atoms with Crippen LogP contribution in [0.25, 0.3) is 11.0 Å². The summed E-state index contributed by atoms with van der Waals surface area (Å²) in [7, 11) is 1.62. The molecule has 1 aromatic heterocycles. The highest BCUT2D eigenvalue weighted by Gasteiger charge is 2.30. The van der Waals surface area contributed by atoms with Crippen LogP contribution in [-0.4, -0.2) is 34.9 Å². The fourth-order valence-electron chi connectivity index (χ4n) is 3.10. The Morgan fingerprint density at radius 2 is 2.00 bits per heavy atom. The summed E-state index contributed by atoms with van der Waals surface area (Å²) in [4.78, 5) is 29.8. The summed E-state index contributed by atoms with van der Waals surface area (Å²) >= 11 is 0. The predicted octanol–water partition coefficient (Wildman–Crippen LogP) is 4.53. The van der Waals surface area contributed by atoms with Gasteiger partial charge in [-0.2, -0.15) is 0 Å². The second kappa shape index (κ2) is 9.22. The molecule has 1 unspecified atom stereocenters. The van der Waals surface area contributed by atoms with Crippen molar-refractivity contribution in [2.75, 3.05) is 13.7 Å². The van der Waals surface area contributed by atoms with Crippen LogP contribution in [0.4, 0.5) is 0 Å². The number of nitrogens with one attached hydrogen (secondary N) is 1. The largest absolute Gasteiger partial charge is 0.497 e. The average molecular weight is 388 g/mol. The third kappa shape index (κ3) is 5.12. The van der Waals surface area contributed by atoms with Gasteiger partial charge < -0.3 is 14.6 Å². The molecule has 28 heavy (non-hydrogen) atoms. The van der Waals surface area contributed by atoms with Gasteiger partial charge in [-0.15, -0.1) is 0 Å². The van der Waals surface area contributed by atoms with Crippen molar-refractivity contribution in [3.8, 4) is 5.75 Å². The molecular weight excluding hydrogens is 354 g/mol. The molecule has 2 rings (SSSR count). The first-order chi connectivity index (χ1) is 13.2. The van der Waals surface area contributed by atoms with E-state index in [2.05, 4.69) is 17.2 Å². The van der Waals surface area contributed by atoms with E-state index in [1.54, 1.807) is 7.11 Å². The number of ketones is 1. The number of ether oxygens (including phenoxy) is 1. The van der Waals surface area contributed by atoms with Crippen LogP contribution in [0.3, 0.4) is 0 Å². The zero-order valence-electron chi connectivity index (χ0n) is 18.0. The first-order valence-electron chi connectivity index (χ1n) is 10.1. The molecule has 6 heteroatoms. The molecule has 0 aliphatic carbocycles. The van der Waals surface area contributed by atoms with Gasteiger partial charge in [-0.25, -0.2) is 4.98 Å². The van der Waals surface area contributed by atoms with Crippen molar-refractivity contribution >= 4 is 22.7 Å². The van der Waals surface area contributed by atoms with Crippen molar-refractivity contribution in [1.82, 2.24) is 14.9 Å². The minimum Gasteiger partial charge on any atom is -0.497 e. The standard InChI is InChI=1S/C22H33N3O3/c1-7-8-13-23-19(26)12-9-15(2)25-18-14-16(28-6)10-11-17(18)24-21(25)20(27)22(3,4)5/h10-11,14-15H,7-9,12-13H2,1-6H3,(H,23,26). The SMILES string of the molecule is CCCCNC(=O)CCC(C)n1c(C(=O)C(C)(C)C)nc2ccc(OC)cc21. The normalized spacial score (nSPS) is 12.8. The lowest BCUT2D eigenvalue weighted by molar-refractivity contribution is -0.121. The number of hydrogen-bond acceptors (Lipinski definition) is 4. The maximum absolute atomic E-state index is 13.0. The summed E-state index contributed by atoms with van der Waals surface area (Å²) in [6.07, 6.45) is 3.08. The van der Waals surface area contributed by atoms with Gasteiger partial charge in [0.1, 0.15) is 5.75 Å². The number of aromatic nitrogens is 2. The van der Waals surface area contributed by atoms with Crippen LogP contribution in [0.2, 0.25) is 0 Å². The molecule has 0 spiro atoms. The third-order valence-corrected chi connectivity index (χ3v) is 4.86. The molecule has 154 valence electrons. The molecule has 1 amide bonds. The first-order valence-corrected chi connectivity index (χ1v) is 10.1. The molecule has 0 radical (unpaired) electrons. The maximum Gasteiger partial charge on any atom is 0.220 e. The van der Waals surface area contributed by atoms with E-state index < -0.39 is 5.41 Å². The van der Waals surface area contributed by atoms with Gasteiger partial charge in [-0.3, -0.25) is 9.59 Å². The number of rotatable bonds is 9. The second-order valence-corrected chi connectivity index (χ2v) is 8.33. The van der Waals surface area contributed by atoms with Crippen LogP contribution in [0, 0.1) is 5.41 Å². The Morgan fingerprint density at radius 1 is 1.29 bits per heavy atom. The molecule has 1 atom stereocenters. The summed E-state index contributed by atoms with van der Waals surface area (Å²) in [5.41, 5.74) is 1.07. The molecule has 0 saturated heterocycles. The highest BCUT2D eigenvalue weighted by molar-refractivity contribution is 6.00. The van der Waals surface area contributed by atoms with E-state index in [1.807, 2.05) is 50.5 Å². The van der Waals surface area contributed by atoms with E-state index in [4.69, 9.17) is 4.74 Å². The van der Waals surface area contributed by atoms with E-state index in [0.717, 1.165) is 23.9 Å². The van der Waals surface area contributed by atoms with Crippen LogP contribution < -0.4 is 10.1 Å². The molecule has 0 aliphatic heterocycles. The molecule has 1 heterocycles. The van der Waals surface area contributed by atoms with Gasteiger partial charge in [0.05, 0.1) is 18.1 Å². The monoisotopic (exact) mass is 387 g/mol. The van der Waals surface area contributed by atoms with Crippen LogP contribution in [-0.2, 0) is 4.79 Å². The molecule has 0 aliphatic rings. The van der Waals surface area contributed by atoms with Crippen molar-refractivity contribution in [3.63, 3.8) is 0 Å². The van der Waals surface area contributed by atoms with Gasteiger partial charge in [0, 0.05) is 30.5 Å². The number of benzene rings is 1. The van der Waals surface area contributed by atoms with Gasteiger partial charge in [0.2, 0.25) is 11.7 Å². The van der Waals surface area contributed by atoms with Crippen LogP contribution in [0.5, 0.6) is 5.75 Å². The lowest BCUT2D eigenvalue weighted by Gasteiger charge is -2.21. The topological polar surface area (TPSA) is 73.2 Å².